The minimum Gasteiger partial charge on any atom is -0.512 e. The van der Waals surface area contributed by atoms with Crippen molar-refractivity contribution in [3.8, 4) is 0 Å². The molecule has 0 aromatic rings. The Kier molecular flexibility index (Phi) is 27.7. The van der Waals surface area contributed by atoms with Crippen LogP contribution in [0, 0.1) is 11.8 Å². The fraction of sp³-hybridized carbons (Fsp3) is 0. The van der Waals surface area contributed by atoms with Crippen LogP contribution in [0.1, 0.15) is 0 Å². The molecule has 8 heteroatoms. The quantitative estimate of drug-likeness (QED) is 0.275. The summed E-state index contributed by atoms with van der Waals surface area (Å²) in [5.41, 5.74) is 0. The molecule has 0 rings (SSSR count). The van der Waals surface area contributed by atoms with E-state index in [1.165, 1.54) is 0 Å². The van der Waals surface area contributed by atoms with E-state index in [1.807, 2.05) is 0 Å². The predicted molar refractivity (Wildman–Crippen MR) is 24.2 cm³/mol. The summed E-state index contributed by atoms with van der Waals surface area (Å²) in [7, 11) is -4.67. The van der Waals surface area contributed by atoms with Gasteiger partial charge in [-0.1, -0.05) is 0 Å². The smallest absolute Gasteiger partial charge is 0.394 e. The molecule has 0 fully saturated rings. The van der Waals surface area contributed by atoms with Crippen LogP contribution in [0.2, 0.25) is 0 Å². The van der Waals surface area contributed by atoms with Crippen molar-refractivity contribution in [1.82, 2.24) is 6.15 Å². The Morgan fingerprint density at radius 3 is 1.22 bits per heavy atom. The van der Waals surface area contributed by atoms with Gasteiger partial charge in [-0.3, -0.25) is 9.11 Å². The third-order valence-electron chi connectivity index (χ3n) is 0. The van der Waals surface area contributed by atoms with Crippen molar-refractivity contribution in [3.05, 3.63) is 6.57 Å². The Labute approximate surface area is 63.5 Å². The maximum absolute atomic E-state index is 8.74. The minimum atomic E-state index is -4.67. The first kappa shape index (κ1) is 23.2. The van der Waals surface area contributed by atoms with Gasteiger partial charge in [0.1, 0.15) is 0 Å². The molecule has 0 spiro atoms. The van der Waals surface area contributed by atoms with Crippen LogP contribution >= 0.6 is 0 Å². The van der Waals surface area contributed by atoms with Gasteiger partial charge in [0, 0.05) is 17.1 Å². The minimum absolute atomic E-state index is 0. The molecule has 0 aliphatic carbocycles. The number of nitrogens with zero attached hydrogens (tertiary/aromatic N) is 1. The van der Waals surface area contributed by atoms with Gasteiger partial charge in [0.2, 0.25) is 0 Å². The van der Waals surface area contributed by atoms with Gasteiger partial charge in [-0.2, -0.15) is 8.42 Å². The molecule has 0 aromatic carbocycles. The first-order chi connectivity index (χ1) is 3.00. The van der Waals surface area contributed by atoms with Gasteiger partial charge >= 0.3 is 10.4 Å². The molecule has 0 saturated carbocycles. The number of hydrogen-bond acceptors (Lipinski definition) is 4. The topological polar surface area (TPSA) is 133 Å². The predicted octanol–water partition coefficient (Wildman–Crippen LogP) is -0.397. The average molecular weight is 197 g/mol. The first-order valence-corrected chi connectivity index (χ1v) is 2.32. The van der Waals surface area contributed by atoms with Crippen molar-refractivity contribution in [2.45, 2.75) is 0 Å². The average Bonchev–Trinajstić information content (AvgIpc) is 1.36. The summed E-state index contributed by atoms with van der Waals surface area (Å²) in [6.07, 6.45) is 0. The first-order valence-electron chi connectivity index (χ1n) is 0.922. The Morgan fingerprint density at radius 1 is 1.22 bits per heavy atom. The second kappa shape index (κ2) is 10.8. The number of hydrogen-bond donors (Lipinski definition) is 3. The SMILES string of the molecule is N.O=S(=O)(O)O.[C-]#N.[Fe]. The van der Waals surface area contributed by atoms with E-state index in [1.54, 1.807) is 0 Å². The third kappa shape index (κ3) is 10400. The van der Waals surface area contributed by atoms with E-state index in [0.717, 1.165) is 0 Å². The molecule has 0 aliphatic rings. The molecule has 5 N–H and O–H groups in total. The van der Waals surface area contributed by atoms with Gasteiger partial charge in [-0.25, -0.2) is 0 Å². The van der Waals surface area contributed by atoms with Gasteiger partial charge in [0.15, 0.2) is 0 Å². The maximum atomic E-state index is 8.74. The summed E-state index contributed by atoms with van der Waals surface area (Å²) < 4.78 is 31.6. The van der Waals surface area contributed by atoms with E-state index in [9.17, 15) is 0 Å². The van der Waals surface area contributed by atoms with Crippen LogP contribution in [-0.2, 0) is 27.5 Å². The van der Waals surface area contributed by atoms with E-state index in [4.69, 9.17) is 29.4 Å². The zero-order valence-corrected chi connectivity index (χ0v) is 6.05. The second-order valence-corrected chi connectivity index (χ2v) is 1.34. The summed E-state index contributed by atoms with van der Waals surface area (Å²) in [5, 5.41) is 6.25. The molecule has 0 atom stereocenters. The number of rotatable bonds is 0. The molecule has 58 valence electrons. The van der Waals surface area contributed by atoms with Crippen molar-refractivity contribution in [2.75, 3.05) is 0 Å². The summed E-state index contributed by atoms with van der Waals surface area (Å²) in [6, 6.07) is 0. The zero-order valence-electron chi connectivity index (χ0n) is 4.13. The van der Waals surface area contributed by atoms with Crippen LogP contribution in [0.4, 0.5) is 0 Å². The monoisotopic (exact) mass is 197 g/mol. The van der Waals surface area contributed by atoms with E-state index in [2.05, 4.69) is 0 Å². The summed E-state index contributed by atoms with van der Waals surface area (Å²) in [5.74, 6) is 0. The molecule has 0 saturated heterocycles. The van der Waals surface area contributed by atoms with Crippen molar-refractivity contribution < 1.29 is 34.6 Å². The molecule has 0 aliphatic heterocycles. The van der Waals surface area contributed by atoms with Gasteiger partial charge in [0.05, 0.1) is 0 Å². The van der Waals surface area contributed by atoms with Gasteiger partial charge < -0.3 is 18.0 Å². The molecular formula is CH5FeN2O4S-. The summed E-state index contributed by atoms with van der Waals surface area (Å²) in [6.45, 7) is 4.75. The molecule has 0 radical (unpaired) electrons. The Morgan fingerprint density at radius 2 is 1.22 bits per heavy atom. The van der Waals surface area contributed by atoms with Crippen molar-refractivity contribution in [1.29, 1.82) is 5.26 Å². The zero-order chi connectivity index (χ0) is 6.50. The molecule has 0 unspecified atom stereocenters. The molecule has 9 heavy (non-hydrogen) atoms. The molecule has 0 amide bonds. The summed E-state index contributed by atoms with van der Waals surface area (Å²) >= 11 is 0. The molecule has 0 heterocycles. The van der Waals surface area contributed by atoms with Crippen LogP contribution in [-0.4, -0.2) is 17.5 Å². The van der Waals surface area contributed by atoms with Crippen molar-refractivity contribution in [3.63, 3.8) is 0 Å². The molecule has 6 nitrogen and oxygen atoms in total. The second-order valence-electron chi connectivity index (χ2n) is 0.448. The van der Waals surface area contributed by atoms with Crippen LogP contribution in [0.25, 0.3) is 0 Å². The van der Waals surface area contributed by atoms with Crippen molar-refractivity contribution >= 4 is 10.4 Å². The Bertz CT molecular complexity index is 130. The van der Waals surface area contributed by atoms with E-state index >= 15 is 0 Å². The van der Waals surface area contributed by atoms with E-state index in [-0.39, 0.29) is 23.2 Å². The van der Waals surface area contributed by atoms with Crippen LogP contribution in [0.15, 0.2) is 0 Å². The Balaban J connectivity index is -0.0000000286. The van der Waals surface area contributed by atoms with Crippen molar-refractivity contribution in [2.24, 2.45) is 0 Å². The molecular weight excluding hydrogens is 192 g/mol. The normalized spacial score (nSPS) is 6.67. The fourth-order valence-electron chi connectivity index (χ4n) is 0. The Hall–Kier alpha value is -0.161. The van der Waals surface area contributed by atoms with Crippen LogP contribution in [0.3, 0.4) is 0 Å². The largest absolute Gasteiger partial charge is 0.512 e. The summed E-state index contributed by atoms with van der Waals surface area (Å²) in [4.78, 5) is 0. The third-order valence-corrected chi connectivity index (χ3v) is 0. The standard InChI is InChI=1S/CN.Fe.H3N.H2O4S/c1-2;;;1-5(2,3)4/h;;1H3;(H2,1,2,3,4)/q-1;;;. The molecule has 0 aromatic heterocycles. The van der Waals surface area contributed by atoms with Gasteiger partial charge in [-0.05, 0) is 0 Å². The fourth-order valence-corrected chi connectivity index (χ4v) is 0. The van der Waals surface area contributed by atoms with Gasteiger partial charge in [0.25, 0.3) is 0 Å². The molecule has 0 bridgehead atoms. The van der Waals surface area contributed by atoms with Crippen LogP contribution < -0.4 is 6.15 Å². The van der Waals surface area contributed by atoms with E-state index < -0.39 is 10.4 Å². The van der Waals surface area contributed by atoms with E-state index in [0.29, 0.717) is 0 Å². The van der Waals surface area contributed by atoms with Crippen LogP contribution in [0.5, 0.6) is 0 Å². The van der Waals surface area contributed by atoms with Gasteiger partial charge in [-0.15, -0.1) is 0 Å². The maximum Gasteiger partial charge on any atom is 0.394 e.